The number of rotatable bonds is 1. The van der Waals surface area contributed by atoms with Crippen LogP contribution in [0.1, 0.15) is 0 Å². The Bertz CT molecular complexity index is 326. The van der Waals surface area contributed by atoms with Crippen LogP contribution in [0.2, 0.25) is 0 Å². The van der Waals surface area contributed by atoms with Crippen molar-refractivity contribution in [3.63, 3.8) is 0 Å². The van der Waals surface area contributed by atoms with Gasteiger partial charge in [-0.05, 0) is 18.4 Å². The number of para-hydroxylation sites is 1. The minimum Gasteiger partial charge on any atom is -0.334 e. The van der Waals surface area contributed by atoms with E-state index in [4.69, 9.17) is 5.26 Å². The second-order valence-corrected chi connectivity index (χ2v) is 3.01. The van der Waals surface area contributed by atoms with Gasteiger partial charge in [-0.25, -0.2) is 0 Å². The van der Waals surface area contributed by atoms with Crippen LogP contribution in [0.4, 0.5) is 5.69 Å². The van der Waals surface area contributed by atoms with Gasteiger partial charge in [-0.3, -0.25) is 0 Å². The first-order chi connectivity index (χ1) is 6.36. The molecule has 0 fully saturated rings. The van der Waals surface area contributed by atoms with Gasteiger partial charge in [0, 0.05) is 5.69 Å². The fourth-order valence-corrected chi connectivity index (χ4v) is 1.17. The van der Waals surface area contributed by atoms with Crippen LogP contribution in [-0.2, 0) is 0 Å². The monoisotopic (exact) mass is 191 g/mol. The molecule has 0 aliphatic heterocycles. The minimum atomic E-state index is 0.605. The van der Waals surface area contributed by atoms with Gasteiger partial charge in [0.1, 0.15) is 0 Å². The average molecular weight is 191 g/mol. The molecule has 1 aromatic rings. The van der Waals surface area contributed by atoms with Crippen molar-refractivity contribution in [2.75, 3.05) is 11.6 Å². The summed E-state index contributed by atoms with van der Waals surface area (Å²) in [6.45, 7) is 0. The van der Waals surface area contributed by atoms with Crippen molar-refractivity contribution in [3.05, 3.63) is 30.3 Å². The van der Waals surface area contributed by atoms with E-state index in [1.165, 1.54) is 11.8 Å². The van der Waals surface area contributed by atoms with Crippen molar-refractivity contribution in [3.8, 4) is 6.19 Å². The number of benzene rings is 1. The first-order valence-electron chi connectivity index (χ1n) is 3.69. The molecule has 0 bridgehead atoms. The second kappa shape index (κ2) is 5.22. The summed E-state index contributed by atoms with van der Waals surface area (Å²) in [6.07, 6.45) is 3.61. The lowest BCUT2D eigenvalue weighted by molar-refractivity contribution is 1.44. The van der Waals surface area contributed by atoms with E-state index in [9.17, 15) is 0 Å². The summed E-state index contributed by atoms with van der Waals surface area (Å²) in [5.41, 5.74) is 0.936. The quantitative estimate of drug-likeness (QED) is 0.421. The Hall–Kier alpha value is -1.47. The van der Waals surface area contributed by atoms with Gasteiger partial charge in [0.15, 0.2) is 5.17 Å². The molecule has 0 radical (unpaired) electrons. The third kappa shape index (κ3) is 3.18. The van der Waals surface area contributed by atoms with Gasteiger partial charge in [0.05, 0.1) is 0 Å². The molecule has 1 N–H and O–H groups in total. The van der Waals surface area contributed by atoms with Crippen molar-refractivity contribution in [2.24, 2.45) is 4.99 Å². The SMILES string of the molecule is CS/C(=N\C#N)Nc1ccccc1. The lowest BCUT2D eigenvalue weighted by atomic mass is 10.3. The van der Waals surface area contributed by atoms with Crippen LogP contribution in [0.25, 0.3) is 0 Å². The van der Waals surface area contributed by atoms with E-state index < -0.39 is 0 Å². The fraction of sp³-hybridized carbons (Fsp3) is 0.111. The molecule has 0 aromatic heterocycles. The number of thioether (sulfide) groups is 1. The molecule has 1 rings (SSSR count). The van der Waals surface area contributed by atoms with Crippen LogP contribution < -0.4 is 5.32 Å². The van der Waals surface area contributed by atoms with Crippen LogP contribution in [0, 0.1) is 11.5 Å². The third-order valence-corrected chi connectivity index (χ3v) is 1.95. The van der Waals surface area contributed by atoms with Gasteiger partial charge in [0.25, 0.3) is 0 Å². The minimum absolute atomic E-state index is 0.605. The number of aliphatic imine (C=N–C) groups is 1. The summed E-state index contributed by atoms with van der Waals surface area (Å²) in [7, 11) is 0. The smallest absolute Gasteiger partial charge is 0.208 e. The third-order valence-electron chi connectivity index (χ3n) is 1.37. The molecule has 4 heteroatoms. The van der Waals surface area contributed by atoms with Crippen molar-refractivity contribution in [1.82, 2.24) is 0 Å². The molecule has 1 aromatic carbocycles. The van der Waals surface area contributed by atoms with Gasteiger partial charge in [-0.15, -0.1) is 4.99 Å². The van der Waals surface area contributed by atoms with E-state index in [0.717, 1.165) is 5.69 Å². The Labute approximate surface area is 81.5 Å². The zero-order valence-corrected chi connectivity index (χ0v) is 8.01. The fourth-order valence-electron chi connectivity index (χ4n) is 0.815. The van der Waals surface area contributed by atoms with E-state index in [0.29, 0.717) is 5.17 Å². The van der Waals surface area contributed by atoms with E-state index in [1.54, 1.807) is 6.19 Å². The number of nitrogens with one attached hydrogen (secondary N) is 1. The van der Waals surface area contributed by atoms with Crippen molar-refractivity contribution in [1.29, 1.82) is 5.26 Å². The topological polar surface area (TPSA) is 48.2 Å². The average Bonchev–Trinajstić information content (AvgIpc) is 2.19. The van der Waals surface area contributed by atoms with Crippen molar-refractivity contribution >= 4 is 22.6 Å². The van der Waals surface area contributed by atoms with Gasteiger partial charge in [-0.1, -0.05) is 30.0 Å². The Morgan fingerprint density at radius 2 is 2.15 bits per heavy atom. The summed E-state index contributed by atoms with van der Waals surface area (Å²) in [6, 6.07) is 9.62. The standard InChI is InChI=1S/C9H9N3S/c1-13-9(11-7-10)12-8-5-3-2-4-6-8/h2-6H,1H3,(H,11,12). The van der Waals surface area contributed by atoms with E-state index in [2.05, 4.69) is 10.3 Å². The number of nitrogens with zero attached hydrogens (tertiary/aromatic N) is 2. The van der Waals surface area contributed by atoms with Gasteiger partial charge < -0.3 is 5.32 Å². The highest BCUT2D eigenvalue weighted by Gasteiger charge is 1.95. The normalized spacial score (nSPS) is 10.6. The number of hydrogen-bond donors (Lipinski definition) is 1. The van der Waals surface area contributed by atoms with Gasteiger partial charge in [0.2, 0.25) is 6.19 Å². The molecule has 3 nitrogen and oxygen atoms in total. The number of amidine groups is 1. The second-order valence-electron chi connectivity index (χ2n) is 2.21. The first-order valence-corrected chi connectivity index (χ1v) is 4.92. The molecule has 0 spiro atoms. The Balaban J connectivity index is 2.69. The van der Waals surface area contributed by atoms with Crippen LogP contribution >= 0.6 is 11.8 Å². The summed E-state index contributed by atoms with van der Waals surface area (Å²) in [4.78, 5) is 3.61. The molecule has 0 amide bonds. The molecule has 0 saturated carbocycles. The summed E-state index contributed by atoms with van der Waals surface area (Å²) in [5.74, 6) is 0. The Kier molecular flexibility index (Phi) is 3.86. The summed E-state index contributed by atoms with van der Waals surface area (Å²) < 4.78 is 0. The highest BCUT2D eigenvalue weighted by molar-refractivity contribution is 8.13. The highest BCUT2D eigenvalue weighted by Crippen LogP contribution is 2.08. The molecule has 0 aliphatic carbocycles. The molecule has 66 valence electrons. The van der Waals surface area contributed by atoms with Crippen molar-refractivity contribution < 1.29 is 0 Å². The van der Waals surface area contributed by atoms with Crippen LogP contribution in [0.3, 0.4) is 0 Å². The van der Waals surface area contributed by atoms with Gasteiger partial charge in [-0.2, -0.15) is 5.26 Å². The molecule has 0 aliphatic rings. The first kappa shape index (κ1) is 9.62. The molecular formula is C9H9N3S. The maximum Gasteiger partial charge on any atom is 0.208 e. The largest absolute Gasteiger partial charge is 0.334 e. The molecule has 0 heterocycles. The maximum atomic E-state index is 8.35. The lowest BCUT2D eigenvalue weighted by Gasteiger charge is -2.04. The molecule has 0 saturated heterocycles. The van der Waals surface area contributed by atoms with Crippen LogP contribution in [0.15, 0.2) is 35.3 Å². The van der Waals surface area contributed by atoms with E-state index in [-0.39, 0.29) is 0 Å². The Morgan fingerprint density at radius 1 is 1.46 bits per heavy atom. The summed E-state index contributed by atoms with van der Waals surface area (Å²) >= 11 is 1.41. The predicted octanol–water partition coefficient (Wildman–Crippen LogP) is 2.30. The van der Waals surface area contributed by atoms with Crippen LogP contribution in [0.5, 0.6) is 0 Å². The van der Waals surface area contributed by atoms with E-state index in [1.807, 2.05) is 36.6 Å². The molecule has 0 unspecified atom stereocenters. The zero-order chi connectivity index (χ0) is 9.52. The highest BCUT2D eigenvalue weighted by atomic mass is 32.2. The van der Waals surface area contributed by atoms with Crippen LogP contribution in [-0.4, -0.2) is 11.4 Å². The maximum absolute atomic E-state index is 8.35. The van der Waals surface area contributed by atoms with E-state index >= 15 is 0 Å². The van der Waals surface area contributed by atoms with Crippen molar-refractivity contribution in [2.45, 2.75) is 0 Å². The molecule has 0 atom stereocenters. The lowest BCUT2D eigenvalue weighted by Crippen LogP contribution is -2.06. The Morgan fingerprint density at radius 3 is 2.69 bits per heavy atom. The zero-order valence-electron chi connectivity index (χ0n) is 7.19. The summed E-state index contributed by atoms with van der Waals surface area (Å²) in [5, 5.41) is 12.0. The molecule has 13 heavy (non-hydrogen) atoms. The number of nitriles is 1. The molecular weight excluding hydrogens is 182 g/mol. The van der Waals surface area contributed by atoms with Gasteiger partial charge >= 0.3 is 0 Å². The predicted molar refractivity (Wildman–Crippen MR) is 56.6 cm³/mol. The number of hydrogen-bond acceptors (Lipinski definition) is 3. The number of anilines is 1.